The quantitative estimate of drug-likeness (QED) is 0.186. The van der Waals surface area contributed by atoms with Gasteiger partial charge in [-0.2, -0.15) is 5.10 Å². The minimum atomic E-state index is -0.716. The fourth-order valence-electron chi connectivity index (χ4n) is 3.20. The van der Waals surface area contributed by atoms with Crippen molar-refractivity contribution < 1.29 is 28.7 Å². The van der Waals surface area contributed by atoms with Crippen LogP contribution < -0.4 is 25.0 Å². The summed E-state index contributed by atoms with van der Waals surface area (Å²) in [7, 11) is 4.44. The van der Waals surface area contributed by atoms with Crippen LogP contribution in [0.4, 0.5) is 5.69 Å². The number of hydrogen-bond donors (Lipinski definition) is 2. The van der Waals surface area contributed by atoms with Crippen LogP contribution in [0, 0.1) is 10.1 Å². The molecule has 3 rings (SSSR count). The highest BCUT2D eigenvalue weighted by Crippen LogP contribution is 2.37. The fraction of sp³-hybridized carbons (Fsp3) is 0.115. The van der Waals surface area contributed by atoms with Gasteiger partial charge in [-0.15, -0.1) is 0 Å². The van der Waals surface area contributed by atoms with E-state index in [-0.39, 0.29) is 11.4 Å². The van der Waals surface area contributed by atoms with Crippen molar-refractivity contribution in [2.45, 2.75) is 0 Å². The van der Waals surface area contributed by atoms with E-state index in [2.05, 4.69) is 15.8 Å². The molecule has 2 amide bonds. The molecule has 2 N–H and O–H groups in total. The van der Waals surface area contributed by atoms with Gasteiger partial charge in [0.2, 0.25) is 5.75 Å². The van der Waals surface area contributed by atoms with Crippen LogP contribution in [0.2, 0.25) is 0 Å². The normalized spacial score (nSPS) is 11.1. The first-order valence-electron chi connectivity index (χ1n) is 10.8. The first-order chi connectivity index (χ1) is 17.9. The number of nitrogens with one attached hydrogen (secondary N) is 2. The monoisotopic (exact) mass is 504 g/mol. The topological polar surface area (TPSA) is 141 Å². The Kier molecular flexibility index (Phi) is 8.92. The van der Waals surface area contributed by atoms with Crippen molar-refractivity contribution in [3.63, 3.8) is 0 Å². The zero-order valence-electron chi connectivity index (χ0n) is 20.3. The van der Waals surface area contributed by atoms with Gasteiger partial charge in [0.15, 0.2) is 11.5 Å². The number of hydrogen-bond acceptors (Lipinski definition) is 8. The molecule has 11 nitrogen and oxygen atoms in total. The summed E-state index contributed by atoms with van der Waals surface area (Å²) >= 11 is 0. The van der Waals surface area contributed by atoms with Gasteiger partial charge < -0.3 is 19.5 Å². The number of hydrazone groups is 1. The standard InChI is InChI=1S/C26H24N4O7/c1-35-22-14-18(15-23(36-2)24(22)37-3)16-27-29-26(32)21(28-25(31)19-7-5-4-6-8-19)13-17-9-11-20(12-10-17)30(33)34/h4-16H,1-3H3,(H,28,31)(H,29,32). The van der Waals surface area contributed by atoms with Crippen LogP contribution in [0.25, 0.3) is 6.08 Å². The number of nitro groups is 1. The van der Waals surface area contributed by atoms with Gasteiger partial charge in [0.1, 0.15) is 5.70 Å². The molecule has 0 unspecified atom stereocenters. The molecule has 190 valence electrons. The predicted octanol–water partition coefficient (Wildman–Crippen LogP) is 3.54. The van der Waals surface area contributed by atoms with Crippen molar-refractivity contribution in [1.29, 1.82) is 0 Å². The molecule has 0 spiro atoms. The third-order valence-electron chi connectivity index (χ3n) is 5.01. The minimum absolute atomic E-state index is 0.105. The van der Waals surface area contributed by atoms with Crippen LogP contribution in [-0.2, 0) is 4.79 Å². The van der Waals surface area contributed by atoms with Gasteiger partial charge in [0.05, 0.1) is 32.5 Å². The number of ether oxygens (including phenoxy) is 3. The van der Waals surface area contributed by atoms with Crippen LogP contribution >= 0.6 is 0 Å². The molecular weight excluding hydrogens is 480 g/mol. The summed E-state index contributed by atoms with van der Waals surface area (Å²) in [6, 6.07) is 17.1. The largest absolute Gasteiger partial charge is 0.493 e. The zero-order chi connectivity index (χ0) is 26.8. The molecule has 0 fully saturated rings. The molecule has 0 aliphatic rings. The number of non-ortho nitro benzene ring substituents is 1. The molecule has 0 radical (unpaired) electrons. The van der Waals surface area contributed by atoms with Gasteiger partial charge in [-0.05, 0) is 48.0 Å². The van der Waals surface area contributed by atoms with E-state index in [1.165, 1.54) is 57.9 Å². The molecule has 37 heavy (non-hydrogen) atoms. The Morgan fingerprint density at radius 3 is 2.05 bits per heavy atom. The van der Waals surface area contributed by atoms with Crippen LogP contribution in [-0.4, -0.2) is 44.3 Å². The van der Waals surface area contributed by atoms with E-state index in [0.717, 1.165) is 0 Å². The number of carbonyl (C=O) groups is 2. The summed E-state index contributed by atoms with van der Waals surface area (Å²) < 4.78 is 15.9. The molecule has 3 aromatic carbocycles. The number of rotatable bonds is 10. The van der Waals surface area contributed by atoms with Gasteiger partial charge in [-0.1, -0.05) is 18.2 Å². The first-order valence-corrected chi connectivity index (χ1v) is 10.8. The van der Waals surface area contributed by atoms with Gasteiger partial charge in [-0.3, -0.25) is 19.7 Å². The van der Waals surface area contributed by atoms with Crippen LogP contribution in [0.5, 0.6) is 17.2 Å². The lowest BCUT2D eigenvalue weighted by Gasteiger charge is -2.12. The van der Waals surface area contributed by atoms with Gasteiger partial charge in [0.25, 0.3) is 17.5 Å². The van der Waals surface area contributed by atoms with Gasteiger partial charge in [0, 0.05) is 23.3 Å². The van der Waals surface area contributed by atoms with Crippen LogP contribution in [0.15, 0.2) is 77.5 Å². The first kappa shape index (κ1) is 26.4. The van der Waals surface area contributed by atoms with Crippen molar-refractivity contribution in [2.75, 3.05) is 21.3 Å². The molecular formula is C26H24N4O7. The maximum atomic E-state index is 12.9. The van der Waals surface area contributed by atoms with Crippen molar-refractivity contribution in [2.24, 2.45) is 5.10 Å². The molecule has 3 aromatic rings. The minimum Gasteiger partial charge on any atom is -0.493 e. The molecule has 0 aromatic heterocycles. The predicted molar refractivity (Wildman–Crippen MR) is 137 cm³/mol. The van der Waals surface area contributed by atoms with E-state index in [0.29, 0.717) is 33.9 Å². The third-order valence-corrected chi connectivity index (χ3v) is 5.01. The number of benzene rings is 3. The molecule has 0 atom stereocenters. The Bertz CT molecular complexity index is 1310. The SMILES string of the molecule is COc1cc(C=NNC(=O)C(=Cc2ccc([N+](=O)[O-])cc2)NC(=O)c2ccccc2)cc(OC)c1OC. The van der Waals surface area contributed by atoms with E-state index in [1.807, 2.05) is 0 Å². The van der Waals surface area contributed by atoms with E-state index in [4.69, 9.17) is 14.2 Å². The molecule has 0 aliphatic carbocycles. The highest BCUT2D eigenvalue weighted by molar-refractivity contribution is 6.05. The average molecular weight is 504 g/mol. The van der Waals surface area contributed by atoms with Crippen molar-refractivity contribution in [3.8, 4) is 17.2 Å². The van der Waals surface area contributed by atoms with Crippen molar-refractivity contribution in [1.82, 2.24) is 10.7 Å². The summed E-state index contributed by atoms with van der Waals surface area (Å²) in [6.07, 6.45) is 2.75. The summed E-state index contributed by atoms with van der Waals surface area (Å²) in [5, 5.41) is 17.5. The molecule has 0 heterocycles. The highest BCUT2D eigenvalue weighted by Gasteiger charge is 2.16. The van der Waals surface area contributed by atoms with Gasteiger partial charge in [-0.25, -0.2) is 5.43 Å². The second kappa shape index (κ2) is 12.5. The lowest BCUT2D eigenvalue weighted by molar-refractivity contribution is -0.384. The van der Waals surface area contributed by atoms with E-state index in [9.17, 15) is 19.7 Å². The summed E-state index contributed by atoms with van der Waals surface area (Å²) in [6.45, 7) is 0. The van der Waals surface area contributed by atoms with Crippen LogP contribution in [0.1, 0.15) is 21.5 Å². The number of nitrogens with zero attached hydrogens (tertiary/aromatic N) is 2. The second-order valence-electron chi connectivity index (χ2n) is 7.38. The van der Waals surface area contributed by atoms with Crippen LogP contribution in [0.3, 0.4) is 0 Å². The number of amides is 2. The van der Waals surface area contributed by atoms with E-state index in [1.54, 1.807) is 42.5 Å². The second-order valence-corrected chi connectivity index (χ2v) is 7.38. The fourth-order valence-corrected chi connectivity index (χ4v) is 3.20. The number of methoxy groups -OCH3 is 3. The molecule has 0 aliphatic heterocycles. The summed E-state index contributed by atoms with van der Waals surface area (Å²) in [5.74, 6) is -0.0148. The molecule has 0 saturated carbocycles. The van der Waals surface area contributed by atoms with Crippen molar-refractivity contribution >= 4 is 29.8 Å². The maximum Gasteiger partial charge on any atom is 0.287 e. The molecule has 0 saturated heterocycles. The smallest absolute Gasteiger partial charge is 0.287 e. The third kappa shape index (κ3) is 6.92. The zero-order valence-corrected chi connectivity index (χ0v) is 20.3. The highest BCUT2D eigenvalue weighted by atomic mass is 16.6. The maximum absolute atomic E-state index is 12.9. The lowest BCUT2D eigenvalue weighted by atomic mass is 10.1. The van der Waals surface area contributed by atoms with Gasteiger partial charge >= 0.3 is 0 Å². The van der Waals surface area contributed by atoms with E-state index < -0.39 is 16.7 Å². The molecule has 11 heteroatoms. The Labute approximate surface area is 212 Å². The number of carbonyl (C=O) groups excluding carboxylic acids is 2. The number of nitro benzene ring substituents is 1. The summed E-state index contributed by atoms with van der Waals surface area (Å²) in [4.78, 5) is 36.0. The average Bonchev–Trinajstić information content (AvgIpc) is 2.92. The van der Waals surface area contributed by atoms with Crippen molar-refractivity contribution in [3.05, 3.63) is 99.2 Å². The molecule has 0 bridgehead atoms. The Morgan fingerprint density at radius 2 is 1.51 bits per heavy atom. The Morgan fingerprint density at radius 1 is 0.892 bits per heavy atom. The Hall–Kier alpha value is -5.19. The Balaban J connectivity index is 1.85. The lowest BCUT2D eigenvalue weighted by Crippen LogP contribution is -2.32. The summed E-state index contributed by atoms with van der Waals surface area (Å²) in [5.41, 5.74) is 3.48. The van der Waals surface area contributed by atoms with E-state index >= 15 is 0 Å².